The van der Waals surface area contributed by atoms with Crippen LogP contribution >= 0.6 is 11.8 Å². The first kappa shape index (κ1) is 18.9. The Morgan fingerprint density at radius 3 is 2.59 bits per heavy atom. The Bertz CT molecular complexity index is 1070. The standard InChI is InChI=1S/C21H18FN3OS/c1-14-19(11-17-4-3-5-18(22)10-17)20(26)25(2)21(24-14)27-13-16-8-6-15(12-23)7-9-16/h3-10H,11,13H2,1-2H3. The van der Waals surface area contributed by atoms with Crippen LogP contribution in [0.2, 0.25) is 0 Å². The highest BCUT2D eigenvalue weighted by atomic mass is 32.2. The molecule has 0 saturated heterocycles. The molecular formula is C21H18FN3OS. The molecule has 0 fully saturated rings. The van der Waals surface area contributed by atoms with Gasteiger partial charge in [-0.25, -0.2) is 9.37 Å². The van der Waals surface area contributed by atoms with Crippen LogP contribution in [0.3, 0.4) is 0 Å². The lowest BCUT2D eigenvalue weighted by atomic mass is 10.1. The maximum Gasteiger partial charge on any atom is 0.257 e. The zero-order valence-corrected chi connectivity index (χ0v) is 15.9. The highest BCUT2D eigenvalue weighted by Gasteiger charge is 2.13. The zero-order valence-electron chi connectivity index (χ0n) is 15.1. The van der Waals surface area contributed by atoms with E-state index in [9.17, 15) is 9.18 Å². The summed E-state index contributed by atoms with van der Waals surface area (Å²) in [6, 6.07) is 15.7. The number of rotatable bonds is 5. The van der Waals surface area contributed by atoms with Gasteiger partial charge in [-0.1, -0.05) is 36.0 Å². The summed E-state index contributed by atoms with van der Waals surface area (Å²) >= 11 is 1.47. The number of hydrogen-bond acceptors (Lipinski definition) is 4. The zero-order chi connectivity index (χ0) is 19.4. The van der Waals surface area contributed by atoms with Gasteiger partial charge in [0.25, 0.3) is 5.56 Å². The molecule has 0 atom stereocenters. The highest BCUT2D eigenvalue weighted by Crippen LogP contribution is 2.21. The molecule has 0 unspecified atom stereocenters. The Balaban J connectivity index is 1.81. The van der Waals surface area contributed by atoms with Crippen molar-refractivity contribution < 1.29 is 4.39 Å². The third kappa shape index (κ3) is 4.44. The van der Waals surface area contributed by atoms with Crippen molar-refractivity contribution in [3.63, 3.8) is 0 Å². The predicted octanol–water partition coefficient (Wildman–Crippen LogP) is 3.98. The number of nitriles is 1. The van der Waals surface area contributed by atoms with E-state index >= 15 is 0 Å². The molecule has 1 heterocycles. The van der Waals surface area contributed by atoms with Crippen molar-refractivity contribution in [2.24, 2.45) is 7.05 Å². The number of nitrogens with zero attached hydrogens (tertiary/aromatic N) is 3. The molecule has 0 amide bonds. The number of benzene rings is 2. The first-order valence-corrected chi connectivity index (χ1v) is 9.39. The largest absolute Gasteiger partial charge is 0.291 e. The van der Waals surface area contributed by atoms with E-state index in [4.69, 9.17) is 5.26 Å². The van der Waals surface area contributed by atoms with Gasteiger partial charge in [0, 0.05) is 30.5 Å². The van der Waals surface area contributed by atoms with Crippen LogP contribution in [0.5, 0.6) is 0 Å². The van der Waals surface area contributed by atoms with Gasteiger partial charge in [-0.3, -0.25) is 9.36 Å². The number of aromatic nitrogens is 2. The van der Waals surface area contributed by atoms with Crippen molar-refractivity contribution in [1.82, 2.24) is 9.55 Å². The van der Waals surface area contributed by atoms with E-state index in [2.05, 4.69) is 11.1 Å². The van der Waals surface area contributed by atoms with Gasteiger partial charge in [0.15, 0.2) is 5.16 Å². The molecule has 27 heavy (non-hydrogen) atoms. The van der Waals surface area contributed by atoms with Gasteiger partial charge in [0.05, 0.1) is 11.6 Å². The van der Waals surface area contributed by atoms with E-state index in [0.717, 1.165) is 11.1 Å². The van der Waals surface area contributed by atoms with Crippen LogP contribution in [0.15, 0.2) is 58.5 Å². The molecule has 0 aliphatic carbocycles. The molecule has 0 aliphatic heterocycles. The summed E-state index contributed by atoms with van der Waals surface area (Å²) in [7, 11) is 1.70. The molecule has 3 aromatic rings. The van der Waals surface area contributed by atoms with Crippen LogP contribution in [0, 0.1) is 24.1 Å². The van der Waals surface area contributed by atoms with Crippen LogP contribution in [0.25, 0.3) is 0 Å². The smallest absolute Gasteiger partial charge is 0.257 e. The summed E-state index contributed by atoms with van der Waals surface area (Å²) in [5, 5.41) is 9.49. The van der Waals surface area contributed by atoms with Gasteiger partial charge in [0.2, 0.25) is 0 Å². The number of halogens is 1. The summed E-state index contributed by atoms with van der Waals surface area (Å²) < 4.78 is 14.9. The third-order valence-electron chi connectivity index (χ3n) is 4.27. The summed E-state index contributed by atoms with van der Waals surface area (Å²) in [5.41, 5.74) is 3.53. The molecule has 0 spiro atoms. The fourth-order valence-electron chi connectivity index (χ4n) is 2.74. The first-order valence-electron chi connectivity index (χ1n) is 8.40. The topological polar surface area (TPSA) is 58.7 Å². The third-order valence-corrected chi connectivity index (χ3v) is 5.37. The molecule has 2 aromatic carbocycles. The molecular weight excluding hydrogens is 361 g/mol. The maximum atomic E-state index is 13.4. The lowest BCUT2D eigenvalue weighted by molar-refractivity contribution is 0.625. The van der Waals surface area contributed by atoms with Gasteiger partial charge < -0.3 is 0 Å². The molecule has 4 nitrogen and oxygen atoms in total. The van der Waals surface area contributed by atoms with Gasteiger partial charge in [-0.05, 0) is 42.3 Å². The average molecular weight is 379 g/mol. The van der Waals surface area contributed by atoms with E-state index in [1.54, 1.807) is 31.3 Å². The number of aryl methyl sites for hydroxylation is 1. The highest BCUT2D eigenvalue weighted by molar-refractivity contribution is 7.98. The number of hydrogen-bond donors (Lipinski definition) is 0. The second kappa shape index (κ2) is 8.19. The second-order valence-corrected chi connectivity index (χ2v) is 7.17. The Labute approximate surface area is 161 Å². The van der Waals surface area contributed by atoms with Crippen molar-refractivity contribution in [2.75, 3.05) is 0 Å². The molecule has 0 radical (unpaired) electrons. The van der Waals surface area contributed by atoms with Gasteiger partial charge >= 0.3 is 0 Å². The van der Waals surface area contributed by atoms with Gasteiger partial charge in [0.1, 0.15) is 5.82 Å². The van der Waals surface area contributed by atoms with Crippen molar-refractivity contribution >= 4 is 11.8 Å². The molecule has 1 aromatic heterocycles. The van der Waals surface area contributed by atoms with Crippen LogP contribution < -0.4 is 5.56 Å². The van der Waals surface area contributed by atoms with Gasteiger partial charge in [-0.2, -0.15) is 5.26 Å². The molecule has 0 N–H and O–H groups in total. The number of thioether (sulfide) groups is 1. The summed E-state index contributed by atoms with van der Waals surface area (Å²) in [6.45, 7) is 1.81. The maximum absolute atomic E-state index is 13.4. The van der Waals surface area contributed by atoms with Gasteiger partial charge in [-0.15, -0.1) is 0 Å². The first-order chi connectivity index (χ1) is 13.0. The van der Waals surface area contributed by atoms with Crippen molar-refractivity contribution in [1.29, 1.82) is 5.26 Å². The summed E-state index contributed by atoms with van der Waals surface area (Å²) in [6.07, 6.45) is 0.351. The monoisotopic (exact) mass is 379 g/mol. The molecule has 136 valence electrons. The Morgan fingerprint density at radius 1 is 1.19 bits per heavy atom. The Kier molecular flexibility index (Phi) is 5.72. The van der Waals surface area contributed by atoms with E-state index in [1.165, 1.54) is 28.5 Å². The molecule has 0 saturated carbocycles. The molecule has 0 bridgehead atoms. The summed E-state index contributed by atoms with van der Waals surface area (Å²) in [5.74, 6) is 0.332. The van der Waals surface area contributed by atoms with Crippen molar-refractivity contribution in [3.8, 4) is 6.07 Å². The SMILES string of the molecule is Cc1nc(SCc2ccc(C#N)cc2)n(C)c(=O)c1Cc1cccc(F)c1. The molecule has 0 aliphatic rings. The fraction of sp³-hybridized carbons (Fsp3) is 0.190. The van der Waals surface area contributed by atoms with Crippen LogP contribution in [0.4, 0.5) is 4.39 Å². The average Bonchev–Trinajstić information content (AvgIpc) is 2.67. The van der Waals surface area contributed by atoms with Crippen molar-refractivity contribution in [3.05, 3.63) is 92.6 Å². The van der Waals surface area contributed by atoms with E-state index in [1.807, 2.05) is 19.1 Å². The van der Waals surface area contributed by atoms with Crippen LogP contribution in [-0.2, 0) is 19.2 Å². The predicted molar refractivity (Wildman–Crippen MR) is 104 cm³/mol. The Hall–Kier alpha value is -2.91. The fourth-order valence-corrected chi connectivity index (χ4v) is 3.70. The molecule has 6 heteroatoms. The molecule has 3 rings (SSSR count). The second-order valence-electron chi connectivity index (χ2n) is 6.23. The van der Waals surface area contributed by atoms with E-state index in [0.29, 0.717) is 34.2 Å². The van der Waals surface area contributed by atoms with E-state index in [-0.39, 0.29) is 11.4 Å². The Morgan fingerprint density at radius 2 is 1.93 bits per heavy atom. The van der Waals surface area contributed by atoms with E-state index < -0.39 is 0 Å². The summed E-state index contributed by atoms with van der Waals surface area (Å²) in [4.78, 5) is 17.4. The lowest BCUT2D eigenvalue weighted by Crippen LogP contribution is -2.25. The lowest BCUT2D eigenvalue weighted by Gasteiger charge is -2.12. The minimum atomic E-state index is -0.315. The minimum Gasteiger partial charge on any atom is -0.291 e. The quantitative estimate of drug-likeness (QED) is 0.497. The minimum absolute atomic E-state index is 0.117. The van der Waals surface area contributed by atoms with Crippen LogP contribution in [-0.4, -0.2) is 9.55 Å². The van der Waals surface area contributed by atoms with Crippen LogP contribution in [0.1, 0.15) is 27.9 Å². The van der Waals surface area contributed by atoms with Crippen molar-refractivity contribution in [2.45, 2.75) is 24.3 Å². The normalized spacial score (nSPS) is 10.6.